The molecule has 1 aliphatic heterocycles. The topological polar surface area (TPSA) is 170 Å². The summed E-state index contributed by atoms with van der Waals surface area (Å²) >= 11 is 0. The zero-order valence-corrected chi connectivity index (χ0v) is 34.6. The molecule has 12 nitrogen and oxygen atoms in total. The molecular formula is C49H52N2O10. The van der Waals surface area contributed by atoms with Crippen LogP contribution in [0.5, 0.6) is 5.75 Å². The van der Waals surface area contributed by atoms with Crippen molar-refractivity contribution in [1.82, 2.24) is 10.6 Å². The Balaban J connectivity index is 0.999. The van der Waals surface area contributed by atoms with E-state index in [1.165, 1.54) is 0 Å². The van der Waals surface area contributed by atoms with Crippen molar-refractivity contribution >= 4 is 29.8 Å². The molecule has 1 spiro atoms. The van der Waals surface area contributed by atoms with Gasteiger partial charge in [-0.25, -0.2) is 4.79 Å². The second-order valence-corrected chi connectivity index (χ2v) is 16.8. The van der Waals surface area contributed by atoms with Gasteiger partial charge in [-0.1, -0.05) is 78.9 Å². The van der Waals surface area contributed by atoms with Crippen molar-refractivity contribution in [3.05, 3.63) is 154 Å². The van der Waals surface area contributed by atoms with Gasteiger partial charge in [0.25, 0.3) is 5.91 Å². The van der Waals surface area contributed by atoms with Crippen molar-refractivity contribution in [1.29, 1.82) is 0 Å². The molecule has 4 aromatic rings. The number of hydrogen-bond acceptors (Lipinski definition) is 10. The number of esters is 2. The molecule has 318 valence electrons. The molecule has 1 heterocycles. The van der Waals surface area contributed by atoms with E-state index in [1.54, 1.807) is 75.4 Å². The lowest BCUT2D eigenvalue weighted by Gasteiger charge is -2.30. The summed E-state index contributed by atoms with van der Waals surface area (Å²) in [5, 5.41) is 25.7. The zero-order valence-electron chi connectivity index (χ0n) is 34.6. The van der Waals surface area contributed by atoms with Crippen LogP contribution in [0, 0.1) is 0 Å². The molecule has 4 atom stereocenters. The van der Waals surface area contributed by atoms with Crippen molar-refractivity contribution in [3.8, 4) is 5.75 Å². The van der Waals surface area contributed by atoms with E-state index in [0.717, 1.165) is 22.3 Å². The number of aliphatic hydroxyl groups excluding tert-OH is 1. The van der Waals surface area contributed by atoms with E-state index >= 15 is 0 Å². The van der Waals surface area contributed by atoms with E-state index in [9.17, 15) is 29.4 Å². The Morgan fingerprint density at radius 2 is 1.61 bits per heavy atom. The van der Waals surface area contributed by atoms with Gasteiger partial charge in [0, 0.05) is 43.4 Å². The summed E-state index contributed by atoms with van der Waals surface area (Å²) in [5.41, 5.74) is 4.99. The van der Waals surface area contributed by atoms with E-state index in [1.807, 2.05) is 60.7 Å². The minimum atomic E-state index is -0.956. The molecule has 0 saturated carbocycles. The lowest BCUT2D eigenvalue weighted by molar-refractivity contribution is -0.172. The van der Waals surface area contributed by atoms with Gasteiger partial charge >= 0.3 is 11.9 Å². The number of benzene rings is 4. The predicted octanol–water partition coefficient (Wildman–Crippen LogP) is 6.31. The summed E-state index contributed by atoms with van der Waals surface area (Å²) < 4.78 is 24.7. The first kappa shape index (κ1) is 43.0. The quantitative estimate of drug-likeness (QED) is 0.106. The molecule has 3 aliphatic rings. The van der Waals surface area contributed by atoms with Crippen LogP contribution < -0.4 is 10.6 Å². The van der Waals surface area contributed by atoms with Crippen LogP contribution in [0.3, 0.4) is 0 Å². The average Bonchev–Trinajstić information content (AvgIpc) is 3.79. The summed E-state index contributed by atoms with van der Waals surface area (Å²) in [6, 6.07) is 28.3. The van der Waals surface area contributed by atoms with Crippen LogP contribution >= 0.6 is 0 Å². The van der Waals surface area contributed by atoms with Gasteiger partial charge < -0.3 is 39.8 Å². The number of carbonyl (C=O) groups is 4. The number of aromatic hydroxyl groups is 1. The first-order valence-electron chi connectivity index (χ1n) is 20.6. The fourth-order valence-electron chi connectivity index (χ4n) is 7.88. The number of amides is 2. The molecule has 1 saturated heterocycles. The Morgan fingerprint density at radius 3 is 2.31 bits per heavy atom. The Kier molecular flexibility index (Phi) is 13.2. The van der Waals surface area contributed by atoms with Gasteiger partial charge in [-0.2, -0.15) is 0 Å². The number of allylic oxidation sites excluding steroid dienone is 1. The van der Waals surface area contributed by atoms with Gasteiger partial charge in [-0.05, 0) is 97.8 Å². The third-order valence-electron chi connectivity index (χ3n) is 10.9. The van der Waals surface area contributed by atoms with Crippen LogP contribution in [0.25, 0.3) is 6.08 Å². The minimum Gasteiger partial charge on any atom is -0.508 e. The summed E-state index contributed by atoms with van der Waals surface area (Å²) in [6.45, 7) is 5.06. The van der Waals surface area contributed by atoms with Crippen molar-refractivity contribution in [2.24, 2.45) is 0 Å². The zero-order chi connectivity index (χ0) is 43.1. The van der Waals surface area contributed by atoms with Gasteiger partial charge in [0.1, 0.15) is 29.7 Å². The largest absolute Gasteiger partial charge is 0.508 e. The maximum Gasteiger partial charge on any atom is 0.338 e. The average molecular weight is 829 g/mol. The van der Waals surface area contributed by atoms with Crippen LogP contribution in [0.2, 0.25) is 0 Å². The summed E-state index contributed by atoms with van der Waals surface area (Å²) in [7, 11) is 0. The van der Waals surface area contributed by atoms with Gasteiger partial charge in [0.15, 0.2) is 5.79 Å². The van der Waals surface area contributed by atoms with Crippen LogP contribution in [0.15, 0.2) is 115 Å². The van der Waals surface area contributed by atoms with Crippen LogP contribution in [-0.4, -0.2) is 76.3 Å². The standard InChI is InChI=1S/C49H52N2O10/c1-48(2,3)60-43(54)23-22-39(30-52)51-46(56)35-16-9-11-32(24-35)29-50-45(55)38-25-41(44-42(26-38)59-49(61-44)27-36-13-4-5-14-37(36)28-49)58-47(57)34-20-18-31(19-21-34)10-8-15-33-12-6-7-17-40(33)53/h4-14,16-21,24,26,39,41-42,44,52-53H,15,22-23,25,27-30H2,1-3H3,(H,50,55)(H,51,56)/t39-,41+,42+,44-/m0/s1. The Morgan fingerprint density at radius 1 is 0.885 bits per heavy atom. The predicted molar refractivity (Wildman–Crippen MR) is 227 cm³/mol. The molecule has 0 aromatic heterocycles. The van der Waals surface area contributed by atoms with Crippen LogP contribution in [0.4, 0.5) is 0 Å². The van der Waals surface area contributed by atoms with Crippen molar-refractivity contribution in [2.75, 3.05) is 6.61 Å². The summed E-state index contributed by atoms with van der Waals surface area (Å²) in [4.78, 5) is 52.8. The normalized spacial score (nSPS) is 19.4. The van der Waals surface area contributed by atoms with E-state index < -0.39 is 53.6 Å². The number of rotatable bonds is 14. The monoisotopic (exact) mass is 828 g/mol. The van der Waals surface area contributed by atoms with Crippen LogP contribution in [0.1, 0.15) is 88.6 Å². The fourth-order valence-corrected chi connectivity index (χ4v) is 7.88. The number of phenols is 1. The molecule has 0 bridgehead atoms. The second-order valence-electron chi connectivity index (χ2n) is 16.8. The number of hydrogen-bond donors (Lipinski definition) is 4. The van der Waals surface area contributed by atoms with E-state index in [-0.39, 0.29) is 44.1 Å². The number of ether oxygens (including phenoxy) is 4. The highest BCUT2D eigenvalue weighted by Crippen LogP contribution is 2.45. The molecule has 2 amide bonds. The Hall–Kier alpha value is -6.08. The molecule has 0 radical (unpaired) electrons. The first-order valence-corrected chi connectivity index (χ1v) is 20.6. The van der Waals surface area contributed by atoms with Crippen molar-refractivity contribution < 1.29 is 48.3 Å². The number of carbonyl (C=O) groups excluding carboxylic acids is 4. The smallest absolute Gasteiger partial charge is 0.338 e. The molecule has 12 heteroatoms. The lowest BCUT2D eigenvalue weighted by Crippen LogP contribution is -2.43. The Labute approximate surface area is 355 Å². The summed E-state index contributed by atoms with van der Waals surface area (Å²) in [5.74, 6) is -2.50. The van der Waals surface area contributed by atoms with Crippen molar-refractivity contribution in [2.45, 2.75) is 102 Å². The second kappa shape index (κ2) is 18.7. The highest BCUT2D eigenvalue weighted by atomic mass is 16.8. The van der Waals surface area contributed by atoms with E-state index in [4.69, 9.17) is 18.9 Å². The van der Waals surface area contributed by atoms with Gasteiger partial charge in [0.2, 0.25) is 5.91 Å². The molecule has 61 heavy (non-hydrogen) atoms. The SMILES string of the molecule is CC(C)(C)OC(=O)CC[C@@H](CO)NC(=O)c1cccc(CNC(=O)C2=C[C@H]3OC4(Cc5ccccc5C4)O[C@H]3[C@H](OC(=O)c3ccc(C=CCc4ccccc4O)cc3)C2)c1. The third kappa shape index (κ3) is 11.0. The number of fused-ring (bicyclic) bond motifs is 2. The number of nitrogens with one attached hydrogen (secondary N) is 2. The number of para-hydroxylation sites is 1. The fraction of sp³-hybridized carbons (Fsp3) is 0.347. The molecule has 4 N–H and O–H groups in total. The van der Waals surface area contributed by atoms with E-state index in [2.05, 4.69) is 10.6 Å². The first-order chi connectivity index (χ1) is 29.3. The molecule has 1 fully saturated rings. The van der Waals surface area contributed by atoms with E-state index in [0.29, 0.717) is 41.5 Å². The number of phenolic OH excluding ortho intramolecular Hbond substituents is 1. The summed E-state index contributed by atoms with van der Waals surface area (Å²) in [6.07, 6.45) is 5.42. The molecule has 7 rings (SSSR count). The van der Waals surface area contributed by atoms with Gasteiger partial charge in [-0.15, -0.1) is 0 Å². The molecule has 0 unspecified atom stereocenters. The maximum atomic E-state index is 13.8. The minimum absolute atomic E-state index is 0.0345. The molecule has 4 aromatic carbocycles. The van der Waals surface area contributed by atoms with Gasteiger partial charge in [0.05, 0.1) is 18.2 Å². The highest BCUT2D eigenvalue weighted by Gasteiger charge is 2.55. The Bertz CT molecular complexity index is 2290. The highest BCUT2D eigenvalue weighted by molar-refractivity contribution is 5.95. The third-order valence-corrected chi connectivity index (χ3v) is 10.9. The molecule has 2 aliphatic carbocycles. The van der Waals surface area contributed by atoms with Crippen LogP contribution in [-0.2, 0) is 54.3 Å². The number of aliphatic hydroxyl groups is 1. The van der Waals surface area contributed by atoms with Crippen molar-refractivity contribution in [3.63, 3.8) is 0 Å². The lowest BCUT2D eigenvalue weighted by atomic mass is 9.91. The maximum absolute atomic E-state index is 13.8. The molecular weight excluding hydrogens is 777 g/mol. The van der Waals surface area contributed by atoms with Gasteiger partial charge in [-0.3, -0.25) is 14.4 Å².